The largest absolute Gasteiger partial charge is 0.481 e. The van der Waals surface area contributed by atoms with Gasteiger partial charge < -0.3 is 19.7 Å². The lowest BCUT2D eigenvalue weighted by atomic mass is 9.93. The third-order valence-corrected chi connectivity index (χ3v) is 3.13. The van der Waals surface area contributed by atoms with Crippen molar-refractivity contribution in [3.05, 3.63) is 0 Å². The molecule has 0 aromatic rings. The number of carbonyl (C=O) groups is 1. The lowest BCUT2D eigenvalue weighted by Gasteiger charge is -2.20. The van der Waals surface area contributed by atoms with Crippen molar-refractivity contribution in [2.24, 2.45) is 11.8 Å². The summed E-state index contributed by atoms with van der Waals surface area (Å²) in [6.07, 6.45) is 2.50. The van der Waals surface area contributed by atoms with Crippen LogP contribution < -0.4 is 0 Å². The molecule has 5 nitrogen and oxygen atoms in total. The Labute approximate surface area is 102 Å². The van der Waals surface area contributed by atoms with Gasteiger partial charge in [0.25, 0.3) is 0 Å². The molecule has 100 valence electrons. The Bertz CT molecular complexity index is 225. The molecule has 0 saturated carbocycles. The zero-order chi connectivity index (χ0) is 12.7. The lowest BCUT2D eigenvalue weighted by molar-refractivity contribution is -0.159. The maximum absolute atomic E-state index is 11.1. The Morgan fingerprint density at radius 2 is 1.94 bits per heavy atom. The van der Waals surface area contributed by atoms with E-state index in [-0.39, 0.29) is 12.5 Å². The van der Waals surface area contributed by atoms with Crippen LogP contribution in [0.1, 0.15) is 32.6 Å². The van der Waals surface area contributed by atoms with Crippen molar-refractivity contribution < 1.29 is 24.5 Å². The van der Waals surface area contributed by atoms with Gasteiger partial charge in [0.2, 0.25) is 0 Å². The van der Waals surface area contributed by atoms with Gasteiger partial charge in [0.05, 0.1) is 13.2 Å². The van der Waals surface area contributed by atoms with Crippen LogP contribution >= 0.6 is 0 Å². The first-order chi connectivity index (χ1) is 8.19. The van der Waals surface area contributed by atoms with Gasteiger partial charge in [-0.15, -0.1) is 0 Å². The minimum Gasteiger partial charge on any atom is -0.481 e. The minimum atomic E-state index is -0.884. The molecule has 0 aromatic carbocycles. The van der Waals surface area contributed by atoms with E-state index >= 15 is 0 Å². The third kappa shape index (κ3) is 4.61. The number of aliphatic carboxylic acids is 1. The number of carboxylic acids is 1. The molecular weight excluding hydrogens is 224 g/mol. The molecule has 0 aliphatic carbocycles. The van der Waals surface area contributed by atoms with Gasteiger partial charge in [-0.2, -0.15) is 0 Å². The highest BCUT2D eigenvalue weighted by Gasteiger charge is 2.32. The van der Waals surface area contributed by atoms with Crippen molar-refractivity contribution in [1.29, 1.82) is 0 Å². The van der Waals surface area contributed by atoms with E-state index in [4.69, 9.17) is 19.7 Å². The lowest BCUT2D eigenvalue weighted by Crippen LogP contribution is -2.29. The number of rotatable bonds is 8. The molecule has 1 fully saturated rings. The summed E-state index contributed by atoms with van der Waals surface area (Å²) in [6, 6.07) is 0. The Morgan fingerprint density at radius 1 is 1.29 bits per heavy atom. The van der Waals surface area contributed by atoms with Crippen LogP contribution in [0.15, 0.2) is 0 Å². The van der Waals surface area contributed by atoms with Gasteiger partial charge >= 0.3 is 5.97 Å². The van der Waals surface area contributed by atoms with Crippen molar-refractivity contribution in [3.63, 3.8) is 0 Å². The second kappa shape index (κ2) is 7.63. The summed E-state index contributed by atoms with van der Waals surface area (Å²) >= 11 is 0. The summed E-state index contributed by atoms with van der Waals surface area (Å²) in [5.41, 5.74) is 0. The molecule has 2 atom stereocenters. The monoisotopic (exact) mass is 246 g/mol. The second-order valence-electron chi connectivity index (χ2n) is 4.47. The van der Waals surface area contributed by atoms with E-state index in [1.165, 1.54) is 0 Å². The van der Waals surface area contributed by atoms with E-state index in [1.54, 1.807) is 0 Å². The molecule has 1 rings (SSSR count). The first kappa shape index (κ1) is 14.4. The fraction of sp³-hybridized carbons (Fsp3) is 0.917. The predicted molar refractivity (Wildman–Crippen MR) is 61.5 cm³/mol. The van der Waals surface area contributed by atoms with Crippen molar-refractivity contribution in [2.45, 2.75) is 38.9 Å². The normalized spacial score (nSPS) is 20.4. The number of aliphatic hydroxyl groups is 1. The molecule has 0 radical (unpaired) electrons. The maximum atomic E-state index is 11.1. The van der Waals surface area contributed by atoms with Crippen molar-refractivity contribution in [2.75, 3.05) is 19.8 Å². The summed E-state index contributed by atoms with van der Waals surface area (Å²) in [6.45, 7) is 3.10. The molecule has 0 amide bonds. The summed E-state index contributed by atoms with van der Waals surface area (Å²) in [5.74, 6) is -1.32. The van der Waals surface area contributed by atoms with E-state index in [2.05, 4.69) is 6.92 Å². The van der Waals surface area contributed by atoms with Crippen LogP contribution in [0.5, 0.6) is 0 Å². The topological polar surface area (TPSA) is 76.0 Å². The molecule has 5 heteroatoms. The molecule has 0 bridgehead atoms. The van der Waals surface area contributed by atoms with Gasteiger partial charge in [0.15, 0.2) is 6.29 Å². The minimum absolute atomic E-state index is 0.118. The third-order valence-electron chi connectivity index (χ3n) is 3.13. The predicted octanol–water partition coefficient (Wildman–Crippen LogP) is 1.25. The van der Waals surface area contributed by atoms with Crippen LogP contribution in [0.2, 0.25) is 0 Å². The number of hydrogen-bond acceptors (Lipinski definition) is 4. The van der Waals surface area contributed by atoms with Crippen LogP contribution in [0.3, 0.4) is 0 Å². The van der Waals surface area contributed by atoms with Crippen LogP contribution in [0.4, 0.5) is 0 Å². The van der Waals surface area contributed by atoms with Crippen molar-refractivity contribution >= 4 is 5.97 Å². The van der Waals surface area contributed by atoms with Crippen molar-refractivity contribution in [1.82, 2.24) is 0 Å². The zero-order valence-electron chi connectivity index (χ0n) is 10.3. The second-order valence-corrected chi connectivity index (χ2v) is 4.47. The van der Waals surface area contributed by atoms with Crippen LogP contribution in [-0.4, -0.2) is 42.3 Å². The summed E-state index contributed by atoms with van der Waals surface area (Å²) in [5, 5.41) is 18.3. The SMILES string of the molecule is CCCC(CO)CCC(C(=O)O)C1OCCO1. The highest BCUT2D eigenvalue weighted by Crippen LogP contribution is 2.23. The zero-order valence-corrected chi connectivity index (χ0v) is 10.3. The Balaban J connectivity index is 2.40. The molecule has 1 aliphatic rings. The summed E-state index contributed by atoms with van der Waals surface area (Å²) in [7, 11) is 0. The number of ether oxygens (including phenoxy) is 2. The van der Waals surface area contributed by atoms with Gasteiger partial charge in [-0.1, -0.05) is 13.3 Å². The molecule has 0 aromatic heterocycles. The van der Waals surface area contributed by atoms with Gasteiger partial charge in [0.1, 0.15) is 5.92 Å². The summed E-state index contributed by atoms with van der Waals surface area (Å²) in [4.78, 5) is 11.1. The number of aliphatic hydroxyl groups excluding tert-OH is 1. The van der Waals surface area contributed by atoms with Gasteiger partial charge in [-0.05, 0) is 25.2 Å². The van der Waals surface area contributed by atoms with Gasteiger partial charge in [-0.25, -0.2) is 0 Å². The van der Waals surface area contributed by atoms with Crippen LogP contribution in [0.25, 0.3) is 0 Å². The Morgan fingerprint density at radius 3 is 2.41 bits per heavy atom. The van der Waals surface area contributed by atoms with E-state index in [0.717, 1.165) is 12.8 Å². The molecule has 2 unspecified atom stereocenters. The van der Waals surface area contributed by atoms with Crippen molar-refractivity contribution in [3.8, 4) is 0 Å². The number of hydrogen-bond donors (Lipinski definition) is 2. The Kier molecular flexibility index (Phi) is 6.47. The van der Waals surface area contributed by atoms with Gasteiger partial charge in [0, 0.05) is 6.61 Å². The fourth-order valence-electron chi connectivity index (χ4n) is 2.14. The van der Waals surface area contributed by atoms with E-state index in [0.29, 0.717) is 26.1 Å². The average molecular weight is 246 g/mol. The number of carboxylic acid groups (broad SMARTS) is 1. The fourth-order valence-corrected chi connectivity index (χ4v) is 2.14. The molecular formula is C12H22O5. The highest BCUT2D eigenvalue weighted by molar-refractivity contribution is 5.70. The molecule has 0 spiro atoms. The molecule has 17 heavy (non-hydrogen) atoms. The highest BCUT2D eigenvalue weighted by atomic mass is 16.7. The first-order valence-corrected chi connectivity index (χ1v) is 6.25. The molecule has 1 aliphatic heterocycles. The van der Waals surface area contributed by atoms with Gasteiger partial charge in [-0.3, -0.25) is 4.79 Å². The standard InChI is InChI=1S/C12H22O5/c1-2-3-9(8-13)4-5-10(11(14)15)12-16-6-7-17-12/h9-10,12-13H,2-8H2,1H3,(H,14,15). The summed E-state index contributed by atoms with van der Waals surface area (Å²) < 4.78 is 10.5. The Hall–Kier alpha value is -0.650. The first-order valence-electron chi connectivity index (χ1n) is 6.25. The smallest absolute Gasteiger partial charge is 0.311 e. The molecule has 1 saturated heterocycles. The average Bonchev–Trinajstić information content (AvgIpc) is 2.81. The maximum Gasteiger partial charge on any atom is 0.311 e. The quantitative estimate of drug-likeness (QED) is 0.674. The molecule has 1 heterocycles. The van der Waals surface area contributed by atoms with E-state index in [1.807, 2.05) is 0 Å². The van der Waals surface area contributed by atoms with Crippen LogP contribution in [-0.2, 0) is 14.3 Å². The van der Waals surface area contributed by atoms with E-state index in [9.17, 15) is 4.79 Å². The van der Waals surface area contributed by atoms with Crippen LogP contribution in [0, 0.1) is 11.8 Å². The molecule has 2 N–H and O–H groups in total. The van der Waals surface area contributed by atoms with E-state index < -0.39 is 18.2 Å².